The SMILES string of the molecule is COC(=O)/C=C/CN1CCN(c2ccc(Nc3ncc4c(C)c(C(C)=O)c(=O)n(C5CCCC5)c4n3)nc2)CC1. The number of pyridine rings is 2. The molecule has 0 aromatic carbocycles. The molecule has 0 spiro atoms. The molecule has 210 valence electrons. The molecule has 1 aliphatic carbocycles. The number of carbonyl (C=O) groups is 2. The number of nitrogens with zero attached hydrogens (tertiary/aromatic N) is 6. The number of carbonyl (C=O) groups excluding carboxylic acids is 2. The summed E-state index contributed by atoms with van der Waals surface area (Å²) in [7, 11) is 1.37. The predicted molar refractivity (Wildman–Crippen MR) is 153 cm³/mol. The largest absolute Gasteiger partial charge is 0.466 e. The van der Waals surface area contributed by atoms with Crippen molar-refractivity contribution in [2.75, 3.05) is 50.1 Å². The average Bonchev–Trinajstić information content (AvgIpc) is 3.48. The van der Waals surface area contributed by atoms with Crippen molar-refractivity contribution in [1.29, 1.82) is 0 Å². The number of ether oxygens (including phenoxy) is 1. The normalized spacial score (nSPS) is 16.6. The lowest BCUT2D eigenvalue weighted by atomic mass is 10.0. The van der Waals surface area contributed by atoms with Crippen LogP contribution in [0.25, 0.3) is 11.0 Å². The smallest absolute Gasteiger partial charge is 0.330 e. The highest BCUT2D eigenvalue weighted by Gasteiger charge is 2.26. The van der Waals surface area contributed by atoms with Crippen molar-refractivity contribution < 1.29 is 14.3 Å². The highest BCUT2D eigenvalue weighted by molar-refractivity contribution is 5.99. The molecule has 1 saturated carbocycles. The number of rotatable bonds is 8. The highest BCUT2D eigenvalue weighted by atomic mass is 16.5. The number of piperazine rings is 1. The Morgan fingerprint density at radius 2 is 1.85 bits per heavy atom. The van der Waals surface area contributed by atoms with Gasteiger partial charge in [-0.3, -0.25) is 19.1 Å². The molecule has 4 heterocycles. The third kappa shape index (κ3) is 5.74. The zero-order chi connectivity index (χ0) is 28.2. The molecule has 1 saturated heterocycles. The Hall–Kier alpha value is -4.12. The van der Waals surface area contributed by atoms with Gasteiger partial charge in [-0.25, -0.2) is 14.8 Å². The molecule has 1 aliphatic heterocycles. The van der Waals surface area contributed by atoms with E-state index >= 15 is 0 Å². The Balaban J connectivity index is 1.31. The standard InChI is InChI=1S/C29H35N7O4/c1-19-23-18-31-29(33-27(23)36(21-7-4-5-8-21)28(39)26(19)20(2)37)32-24-11-10-22(17-30-24)35-15-13-34(14-16-35)12-6-9-25(38)40-3/h6,9-11,17-18,21H,4-5,7-8,12-16H2,1-3H3,(H,30,31,32,33)/b9-6+. The number of fused-ring (bicyclic) bond motifs is 1. The molecular formula is C29H35N7O4. The molecule has 1 N–H and O–H groups in total. The van der Waals surface area contributed by atoms with Crippen molar-refractivity contribution >= 4 is 40.2 Å². The minimum atomic E-state index is -0.340. The zero-order valence-corrected chi connectivity index (χ0v) is 23.2. The van der Waals surface area contributed by atoms with Gasteiger partial charge < -0.3 is 15.0 Å². The Bertz CT molecular complexity index is 1480. The van der Waals surface area contributed by atoms with Gasteiger partial charge in [0.1, 0.15) is 11.5 Å². The topological polar surface area (TPSA) is 123 Å². The third-order valence-electron chi connectivity index (χ3n) is 7.79. The molecule has 0 radical (unpaired) electrons. The van der Waals surface area contributed by atoms with Gasteiger partial charge in [-0.2, -0.15) is 4.98 Å². The van der Waals surface area contributed by atoms with Crippen molar-refractivity contribution in [3.05, 3.63) is 58.2 Å². The molecule has 0 atom stereocenters. The van der Waals surface area contributed by atoms with Crippen molar-refractivity contribution in [1.82, 2.24) is 24.4 Å². The van der Waals surface area contributed by atoms with Crippen LogP contribution in [0.15, 0.2) is 41.5 Å². The van der Waals surface area contributed by atoms with E-state index in [-0.39, 0.29) is 28.9 Å². The van der Waals surface area contributed by atoms with Gasteiger partial charge in [-0.1, -0.05) is 18.9 Å². The van der Waals surface area contributed by atoms with Crippen LogP contribution in [-0.4, -0.2) is 76.0 Å². The van der Waals surface area contributed by atoms with Gasteiger partial charge in [-0.05, 0) is 44.4 Å². The maximum absolute atomic E-state index is 13.4. The van der Waals surface area contributed by atoms with Crippen molar-refractivity contribution in [2.24, 2.45) is 0 Å². The van der Waals surface area contributed by atoms with Gasteiger partial charge in [0.05, 0.1) is 24.6 Å². The Labute approximate surface area is 232 Å². The van der Waals surface area contributed by atoms with Gasteiger partial charge in [0.25, 0.3) is 5.56 Å². The summed E-state index contributed by atoms with van der Waals surface area (Å²) in [6, 6.07) is 3.93. The van der Waals surface area contributed by atoms with Crippen molar-refractivity contribution in [2.45, 2.75) is 45.6 Å². The molecule has 0 bridgehead atoms. The van der Waals surface area contributed by atoms with E-state index in [9.17, 15) is 14.4 Å². The van der Waals surface area contributed by atoms with E-state index in [2.05, 4.69) is 29.8 Å². The second-order valence-corrected chi connectivity index (χ2v) is 10.3. The minimum Gasteiger partial charge on any atom is -0.466 e. The van der Waals surface area contributed by atoms with Crippen molar-refractivity contribution in [3.63, 3.8) is 0 Å². The van der Waals surface area contributed by atoms with Crippen LogP contribution < -0.4 is 15.8 Å². The number of hydrogen-bond acceptors (Lipinski definition) is 10. The monoisotopic (exact) mass is 545 g/mol. The summed E-state index contributed by atoms with van der Waals surface area (Å²) in [6.07, 6.45) is 10.7. The fraction of sp³-hybridized carbons (Fsp3) is 0.448. The lowest BCUT2D eigenvalue weighted by molar-refractivity contribution is -0.134. The molecule has 3 aromatic rings. The molecule has 0 amide bonds. The number of anilines is 3. The Morgan fingerprint density at radius 1 is 1.10 bits per heavy atom. The van der Waals surface area contributed by atoms with Crippen LogP contribution in [0.3, 0.4) is 0 Å². The number of hydrogen-bond donors (Lipinski definition) is 1. The van der Waals surface area contributed by atoms with Gasteiger partial charge in [0.2, 0.25) is 5.95 Å². The second-order valence-electron chi connectivity index (χ2n) is 10.3. The molecule has 11 nitrogen and oxygen atoms in total. The number of ketones is 1. The first-order chi connectivity index (χ1) is 19.4. The lowest BCUT2D eigenvalue weighted by Crippen LogP contribution is -2.46. The molecule has 2 aliphatic rings. The molecule has 11 heteroatoms. The summed E-state index contributed by atoms with van der Waals surface area (Å²) in [5, 5.41) is 3.89. The van der Waals surface area contributed by atoms with Crippen LogP contribution in [0.1, 0.15) is 54.6 Å². The van der Waals surface area contributed by atoms with Gasteiger partial charge in [-0.15, -0.1) is 0 Å². The number of methoxy groups -OCH3 is 1. The van der Waals surface area contributed by atoms with Crippen LogP contribution in [0.2, 0.25) is 0 Å². The number of aromatic nitrogens is 4. The van der Waals surface area contributed by atoms with Gasteiger partial charge in [0.15, 0.2) is 5.78 Å². The molecular weight excluding hydrogens is 510 g/mol. The molecule has 3 aromatic heterocycles. The van der Waals surface area contributed by atoms with Crippen LogP contribution in [-0.2, 0) is 9.53 Å². The van der Waals surface area contributed by atoms with Crippen LogP contribution in [0.5, 0.6) is 0 Å². The summed E-state index contributed by atoms with van der Waals surface area (Å²) >= 11 is 0. The maximum atomic E-state index is 13.4. The van der Waals surface area contributed by atoms with E-state index in [0.29, 0.717) is 34.9 Å². The summed E-state index contributed by atoms with van der Waals surface area (Å²) in [5.41, 5.74) is 2.15. The quantitative estimate of drug-likeness (QED) is 0.256. The molecule has 5 rings (SSSR count). The van der Waals surface area contributed by atoms with Gasteiger partial charge in [0, 0.05) is 56.4 Å². The van der Waals surface area contributed by atoms with E-state index in [0.717, 1.165) is 57.5 Å². The van der Waals surface area contributed by atoms with E-state index in [4.69, 9.17) is 4.98 Å². The zero-order valence-electron chi connectivity index (χ0n) is 23.2. The second kappa shape index (κ2) is 12.0. The van der Waals surface area contributed by atoms with E-state index in [1.165, 1.54) is 20.1 Å². The summed E-state index contributed by atoms with van der Waals surface area (Å²) in [6.45, 7) is 7.40. The summed E-state index contributed by atoms with van der Waals surface area (Å²) in [5.74, 6) is 0.372. The number of Topliss-reactive ketones (excluding diaryl/α,β-unsaturated/α-hetero) is 1. The number of esters is 1. The van der Waals surface area contributed by atoms with E-state index in [1.807, 2.05) is 24.4 Å². The fourth-order valence-electron chi connectivity index (χ4n) is 5.63. The predicted octanol–water partition coefficient (Wildman–Crippen LogP) is 3.41. The first kappa shape index (κ1) is 27.4. The summed E-state index contributed by atoms with van der Waals surface area (Å²) in [4.78, 5) is 55.4. The first-order valence-corrected chi connectivity index (χ1v) is 13.7. The minimum absolute atomic E-state index is 0.0261. The van der Waals surface area contributed by atoms with Crippen molar-refractivity contribution in [3.8, 4) is 0 Å². The van der Waals surface area contributed by atoms with Crippen LogP contribution in [0, 0.1) is 6.92 Å². The lowest BCUT2D eigenvalue weighted by Gasteiger charge is -2.35. The fourth-order valence-corrected chi connectivity index (χ4v) is 5.63. The summed E-state index contributed by atoms with van der Waals surface area (Å²) < 4.78 is 6.34. The van der Waals surface area contributed by atoms with E-state index < -0.39 is 0 Å². The van der Waals surface area contributed by atoms with E-state index in [1.54, 1.807) is 17.7 Å². The van der Waals surface area contributed by atoms with Crippen LogP contribution >= 0.6 is 0 Å². The first-order valence-electron chi connectivity index (χ1n) is 13.7. The number of nitrogens with one attached hydrogen (secondary N) is 1. The van der Waals surface area contributed by atoms with Crippen LogP contribution in [0.4, 0.5) is 17.5 Å². The highest BCUT2D eigenvalue weighted by Crippen LogP contribution is 2.32. The molecule has 0 unspecified atom stereocenters. The molecule has 40 heavy (non-hydrogen) atoms. The van der Waals surface area contributed by atoms with Gasteiger partial charge >= 0.3 is 5.97 Å². The average molecular weight is 546 g/mol. The Kier molecular flexibility index (Phi) is 8.20. The maximum Gasteiger partial charge on any atom is 0.330 e. The molecule has 2 fully saturated rings. The Morgan fingerprint density at radius 3 is 2.50 bits per heavy atom. The number of aryl methyl sites for hydroxylation is 1. The third-order valence-corrected chi connectivity index (χ3v) is 7.79.